The van der Waals surface area contributed by atoms with E-state index in [-0.39, 0.29) is 0 Å². The van der Waals surface area contributed by atoms with Gasteiger partial charge in [0, 0.05) is 16.7 Å². The van der Waals surface area contributed by atoms with Gasteiger partial charge in [-0.2, -0.15) is 0 Å². The lowest BCUT2D eigenvalue weighted by molar-refractivity contribution is 1.07. The van der Waals surface area contributed by atoms with Crippen LogP contribution in [-0.2, 0) is 12.8 Å². The van der Waals surface area contributed by atoms with Crippen LogP contribution in [-0.4, -0.2) is 15.0 Å². The number of aromatic nitrogens is 3. The number of nitrogens with zero attached hydrogens (tertiary/aromatic N) is 3. The predicted octanol–water partition coefficient (Wildman–Crippen LogP) is 11.3. The van der Waals surface area contributed by atoms with Crippen molar-refractivity contribution in [2.24, 2.45) is 0 Å². The fraction of sp³-hybridized carbons (Fsp3) is 0.0426. The van der Waals surface area contributed by atoms with Gasteiger partial charge in [-0.05, 0) is 85.7 Å². The molecule has 3 heteroatoms. The molecule has 3 nitrogen and oxygen atoms in total. The molecule has 2 aliphatic carbocycles. The Morgan fingerprint density at radius 3 is 1.38 bits per heavy atom. The second-order valence-corrected chi connectivity index (χ2v) is 13.1. The van der Waals surface area contributed by atoms with Crippen LogP contribution in [0.1, 0.15) is 22.3 Å². The summed E-state index contributed by atoms with van der Waals surface area (Å²) < 4.78 is 0. The Bertz CT molecular complexity index is 2520. The summed E-state index contributed by atoms with van der Waals surface area (Å²) in [5.41, 5.74) is 19.0. The Morgan fingerprint density at radius 2 is 0.760 bits per heavy atom. The monoisotopic (exact) mass is 637 g/mol. The quantitative estimate of drug-likeness (QED) is 0.188. The maximum absolute atomic E-state index is 5.00. The number of benzene rings is 7. The molecule has 0 aliphatic heterocycles. The Morgan fingerprint density at radius 1 is 0.300 bits per heavy atom. The van der Waals surface area contributed by atoms with Crippen LogP contribution in [0.4, 0.5) is 0 Å². The van der Waals surface area contributed by atoms with E-state index in [4.69, 9.17) is 15.0 Å². The molecule has 10 rings (SSSR count). The maximum Gasteiger partial charge on any atom is 0.164 e. The van der Waals surface area contributed by atoms with Gasteiger partial charge in [-0.1, -0.05) is 158 Å². The molecule has 0 fully saturated rings. The summed E-state index contributed by atoms with van der Waals surface area (Å²) in [6.07, 6.45) is 1.80. The van der Waals surface area contributed by atoms with Crippen LogP contribution in [0.2, 0.25) is 0 Å². The minimum absolute atomic E-state index is 0.676. The van der Waals surface area contributed by atoms with Crippen LogP contribution < -0.4 is 0 Å². The third-order valence-corrected chi connectivity index (χ3v) is 10.2. The molecule has 0 saturated carbocycles. The topological polar surface area (TPSA) is 38.7 Å². The Balaban J connectivity index is 1.05. The lowest BCUT2D eigenvalue weighted by Crippen LogP contribution is -2.00. The molecule has 2 aliphatic rings. The molecule has 0 spiro atoms. The first-order chi connectivity index (χ1) is 24.8. The molecule has 0 saturated heterocycles. The summed E-state index contributed by atoms with van der Waals surface area (Å²) in [6, 6.07) is 58.3. The van der Waals surface area contributed by atoms with Gasteiger partial charge < -0.3 is 0 Å². The maximum atomic E-state index is 5.00. The molecule has 1 heterocycles. The lowest BCUT2D eigenvalue weighted by Gasteiger charge is -2.14. The summed E-state index contributed by atoms with van der Waals surface area (Å²) in [4.78, 5) is 14.9. The third kappa shape index (κ3) is 4.70. The summed E-state index contributed by atoms with van der Waals surface area (Å²) in [7, 11) is 0. The number of hydrogen-bond donors (Lipinski definition) is 0. The van der Waals surface area contributed by atoms with Crippen molar-refractivity contribution in [1.29, 1.82) is 0 Å². The Hall–Kier alpha value is -6.45. The van der Waals surface area contributed by atoms with Gasteiger partial charge in [-0.3, -0.25) is 0 Å². The second kappa shape index (κ2) is 11.6. The van der Waals surface area contributed by atoms with Gasteiger partial charge >= 0.3 is 0 Å². The van der Waals surface area contributed by atoms with E-state index in [9.17, 15) is 0 Å². The van der Waals surface area contributed by atoms with Crippen LogP contribution in [0.15, 0.2) is 164 Å². The zero-order chi connectivity index (χ0) is 33.0. The van der Waals surface area contributed by atoms with E-state index in [1.165, 1.54) is 66.8 Å². The van der Waals surface area contributed by atoms with Gasteiger partial charge in [0.05, 0.1) is 0 Å². The molecular formula is C47H31N3. The van der Waals surface area contributed by atoms with Crippen molar-refractivity contribution in [3.63, 3.8) is 0 Å². The highest BCUT2D eigenvalue weighted by atomic mass is 15.0. The first-order valence-electron chi connectivity index (χ1n) is 17.2. The number of hydrogen-bond acceptors (Lipinski definition) is 3. The van der Waals surface area contributed by atoms with E-state index in [2.05, 4.69) is 127 Å². The molecule has 0 unspecified atom stereocenters. The minimum atomic E-state index is 0.676. The van der Waals surface area contributed by atoms with Crippen molar-refractivity contribution in [2.75, 3.05) is 0 Å². The highest BCUT2D eigenvalue weighted by Crippen LogP contribution is 2.49. The number of fused-ring (bicyclic) bond motifs is 6. The molecule has 0 amide bonds. The summed E-state index contributed by atoms with van der Waals surface area (Å²) in [6.45, 7) is 0. The normalized spacial score (nSPS) is 12.2. The molecule has 0 N–H and O–H groups in total. The van der Waals surface area contributed by atoms with Crippen molar-refractivity contribution in [1.82, 2.24) is 15.0 Å². The molecule has 0 radical (unpaired) electrons. The average Bonchev–Trinajstić information content (AvgIpc) is 3.77. The molecule has 1 aromatic heterocycles. The Kier molecular flexibility index (Phi) is 6.63. The number of rotatable bonds is 5. The first kappa shape index (κ1) is 28.6. The summed E-state index contributed by atoms with van der Waals surface area (Å²) in [5.74, 6) is 2.04. The SMILES string of the molecule is c1ccc(-c2nc(-c3ccccc3)nc(-c3ccc4c(c3)Cc3c-4cccc3-c3cccc4c3Cc3cccc(-c5ccccc5)c3-4)n2)cc1. The fourth-order valence-corrected chi connectivity index (χ4v) is 7.93. The first-order valence-corrected chi connectivity index (χ1v) is 17.2. The van der Waals surface area contributed by atoms with Gasteiger partial charge in [0.25, 0.3) is 0 Å². The molecule has 8 aromatic rings. The second-order valence-electron chi connectivity index (χ2n) is 13.1. The highest BCUT2D eigenvalue weighted by Gasteiger charge is 2.28. The van der Waals surface area contributed by atoms with E-state index in [1.807, 2.05) is 36.4 Å². The Labute approximate surface area is 291 Å². The molecular weight excluding hydrogens is 607 g/mol. The smallest absolute Gasteiger partial charge is 0.164 e. The van der Waals surface area contributed by atoms with Crippen molar-refractivity contribution < 1.29 is 0 Å². The van der Waals surface area contributed by atoms with Crippen molar-refractivity contribution in [3.05, 3.63) is 186 Å². The van der Waals surface area contributed by atoms with Gasteiger partial charge in [0.2, 0.25) is 0 Å². The molecule has 234 valence electrons. The van der Waals surface area contributed by atoms with Crippen LogP contribution >= 0.6 is 0 Å². The summed E-state index contributed by atoms with van der Waals surface area (Å²) >= 11 is 0. The predicted molar refractivity (Wildman–Crippen MR) is 203 cm³/mol. The average molecular weight is 638 g/mol. The fourth-order valence-electron chi connectivity index (χ4n) is 7.93. The molecule has 0 bridgehead atoms. The standard InChI is InChI=1S/C47H31N3/c1-4-13-30(14-5-1)37-20-10-19-33-28-43-40(23-12-24-41(43)44(33)37)39-22-11-21-38-36-26-25-34(27-35(36)29-42(38)39)47-49-45(31-15-6-2-7-16-31)48-46(50-47)32-17-8-3-9-18-32/h1-27H,28-29H2. The zero-order valence-electron chi connectivity index (χ0n) is 27.3. The van der Waals surface area contributed by atoms with E-state index in [1.54, 1.807) is 0 Å². The lowest BCUT2D eigenvalue weighted by atomic mass is 9.90. The van der Waals surface area contributed by atoms with Crippen LogP contribution in [0.3, 0.4) is 0 Å². The van der Waals surface area contributed by atoms with E-state index >= 15 is 0 Å². The van der Waals surface area contributed by atoms with E-state index in [0.717, 1.165) is 29.5 Å². The zero-order valence-corrected chi connectivity index (χ0v) is 27.3. The minimum Gasteiger partial charge on any atom is -0.208 e. The molecule has 0 atom stereocenters. The van der Waals surface area contributed by atoms with Crippen LogP contribution in [0, 0.1) is 0 Å². The van der Waals surface area contributed by atoms with Gasteiger partial charge in [-0.25, -0.2) is 15.0 Å². The van der Waals surface area contributed by atoms with Gasteiger partial charge in [0.1, 0.15) is 0 Å². The van der Waals surface area contributed by atoms with E-state index in [0.29, 0.717) is 17.5 Å². The molecule has 50 heavy (non-hydrogen) atoms. The van der Waals surface area contributed by atoms with Gasteiger partial charge in [-0.15, -0.1) is 0 Å². The third-order valence-electron chi connectivity index (χ3n) is 10.2. The highest BCUT2D eigenvalue weighted by molar-refractivity contribution is 5.95. The van der Waals surface area contributed by atoms with Crippen molar-refractivity contribution >= 4 is 0 Å². The van der Waals surface area contributed by atoms with Crippen molar-refractivity contribution in [2.45, 2.75) is 12.8 Å². The molecule has 7 aromatic carbocycles. The largest absolute Gasteiger partial charge is 0.208 e. The van der Waals surface area contributed by atoms with E-state index < -0.39 is 0 Å². The van der Waals surface area contributed by atoms with Crippen LogP contribution in [0.25, 0.3) is 78.7 Å². The summed E-state index contributed by atoms with van der Waals surface area (Å²) in [5, 5.41) is 0. The van der Waals surface area contributed by atoms with Gasteiger partial charge in [0.15, 0.2) is 17.5 Å². The van der Waals surface area contributed by atoms with Crippen LogP contribution in [0.5, 0.6) is 0 Å². The van der Waals surface area contributed by atoms with Crippen molar-refractivity contribution in [3.8, 4) is 78.7 Å².